The summed E-state index contributed by atoms with van der Waals surface area (Å²) in [5.41, 5.74) is 0. The molecule has 1 amide bonds. The first-order valence-electron chi connectivity index (χ1n) is 4.15. The Kier molecular flexibility index (Phi) is 3.55. The summed E-state index contributed by atoms with van der Waals surface area (Å²) >= 11 is 0. The molecule has 0 atom stereocenters. The van der Waals surface area contributed by atoms with Gasteiger partial charge in [-0.1, -0.05) is 0 Å². The molecular formula is C8H12N2O2. The van der Waals surface area contributed by atoms with Gasteiger partial charge in [-0.2, -0.15) is 5.26 Å². The molecule has 0 aromatic heterocycles. The van der Waals surface area contributed by atoms with Crippen molar-refractivity contribution in [2.45, 2.75) is 25.7 Å². The molecule has 0 bridgehead atoms. The Balaban J connectivity index is 2.38. The van der Waals surface area contributed by atoms with Gasteiger partial charge in [-0.3, -0.25) is 9.63 Å². The topological polar surface area (TPSA) is 53.3 Å². The first-order valence-corrected chi connectivity index (χ1v) is 4.15. The zero-order valence-corrected chi connectivity index (χ0v) is 6.95. The Bertz CT molecular complexity index is 190. The highest BCUT2D eigenvalue weighted by molar-refractivity contribution is 5.77. The summed E-state index contributed by atoms with van der Waals surface area (Å²) in [6.45, 7) is 1.22. The van der Waals surface area contributed by atoms with Crippen LogP contribution in [0.15, 0.2) is 0 Å². The van der Waals surface area contributed by atoms with Crippen molar-refractivity contribution < 1.29 is 9.63 Å². The molecule has 1 aliphatic heterocycles. The van der Waals surface area contributed by atoms with Gasteiger partial charge in [-0.15, -0.1) is 0 Å². The van der Waals surface area contributed by atoms with Gasteiger partial charge in [0, 0.05) is 6.54 Å². The first kappa shape index (κ1) is 9.01. The van der Waals surface area contributed by atoms with Crippen LogP contribution in [0.25, 0.3) is 0 Å². The summed E-state index contributed by atoms with van der Waals surface area (Å²) in [7, 11) is 0. The van der Waals surface area contributed by atoms with Crippen LogP contribution >= 0.6 is 0 Å². The summed E-state index contributed by atoms with van der Waals surface area (Å²) < 4.78 is 0. The number of hydrogen-bond acceptors (Lipinski definition) is 3. The minimum absolute atomic E-state index is 0.0833. The van der Waals surface area contributed by atoms with Crippen molar-refractivity contribution in [2.24, 2.45) is 0 Å². The Morgan fingerprint density at radius 2 is 2.33 bits per heavy atom. The van der Waals surface area contributed by atoms with Gasteiger partial charge in [0.15, 0.2) is 0 Å². The van der Waals surface area contributed by atoms with Gasteiger partial charge in [-0.05, 0) is 19.3 Å². The maximum absolute atomic E-state index is 11.1. The van der Waals surface area contributed by atoms with Crippen LogP contribution in [0, 0.1) is 11.3 Å². The van der Waals surface area contributed by atoms with E-state index >= 15 is 0 Å². The average Bonchev–Trinajstić information content (AvgIpc) is 2.32. The third kappa shape index (κ3) is 2.51. The van der Waals surface area contributed by atoms with Gasteiger partial charge >= 0.3 is 0 Å². The molecule has 1 fully saturated rings. The minimum Gasteiger partial charge on any atom is -0.271 e. The highest BCUT2D eigenvalue weighted by Gasteiger charge is 2.15. The minimum atomic E-state index is -0.223. The van der Waals surface area contributed by atoms with E-state index in [9.17, 15) is 4.79 Å². The number of nitrogens with zero attached hydrogens (tertiary/aromatic N) is 2. The van der Waals surface area contributed by atoms with Gasteiger partial charge in [-0.25, -0.2) is 5.06 Å². The molecule has 1 saturated heterocycles. The molecule has 0 N–H and O–H groups in total. The maximum Gasteiger partial charge on any atom is 0.260 e. The Morgan fingerprint density at radius 3 is 3.08 bits per heavy atom. The van der Waals surface area contributed by atoms with Crippen molar-refractivity contribution in [2.75, 3.05) is 13.2 Å². The van der Waals surface area contributed by atoms with Crippen LogP contribution in [-0.2, 0) is 9.63 Å². The van der Waals surface area contributed by atoms with Crippen molar-refractivity contribution in [3.05, 3.63) is 0 Å². The lowest BCUT2D eigenvalue weighted by atomic mass is 10.2. The van der Waals surface area contributed by atoms with E-state index in [0.29, 0.717) is 13.2 Å². The van der Waals surface area contributed by atoms with E-state index in [4.69, 9.17) is 10.1 Å². The molecule has 0 aromatic carbocycles. The van der Waals surface area contributed by atoms with Crippen LogP contribution < -0.4 is 0 Å². The second-order valence-corrected chi connectivity index (χ2v) is 2.72. The highest BCUT2D eigenvalue weighted by atomic mass is 16.7. The number of hydroxylamine groups is 2. The third-order valence-electron chi connectivity index (χ3n) is 1.76. The van der Waals surface area contributed by atoms with E-state index in [-0.39, 0.29) is 12.3 Å². The van der Waals surface area contributed by atoms with Crippen molar-refractivity contribution in [3.63, 3.8) is 0 Å². The lowest BCUT2D eigenvalue weighted by molar-refractivity contribution is -0.182. The molecule has 4 nitrogen and oxygen atoms in total. The molecule has 12 heavy (non-hydrogen) atoms. The second-order valence-electron chi connectivity index (χ2n) is 2.72. The first-order chi connectivity index (χ1) is 5.84. The highest BCUT2D eigenvalue weighted by Crippen LogP contribution is 2.07. The van der Waals surface area contributed by atoms with Gasteiger partial charge in [0.2, 0.25) is 0 Å². The van der Waals surface area contributed by atoms with Gasteiger partial charge in [0.1, 0.15) is 6.42 Å². The lowest BCUT2D eigenvalue weighted by Crippen LogP contribution is -2.30. The number of amides is 1. The molecule has 1 aliphatic rings. The molecule has 1 heterocycles. The Hall–Kier alpha value is -1.08. The van der Waals surface area contributed by atoms with E-state index in [1.165, 1.54) is 5.06 Å². The van der Waals surface area contributed by atoms with Crippen LogP contribution in [0.2, 0.25) is 0 Å². The van der Waals surface area contributed by atoms with Crippen LogP contribution in [0.1, 0.15) is 25.7 Å². The summed E-state index contributed by atoms with van der Waals surface area (Å²) in [6.07, 6.45) is 2.98. The summed E-state index contributed by atoms with van der Waals surface area (Å²) in [4.78, 5) is 16.3. The molecule has 0 aliphatic carbocycles. The van der Waals surface area contributed by atoms with Crippen LogP contribution in [-0.4, -0.2) is 24.1 Å². The molecule has 1 rings (SSSR count). The molecule has 0 radical (unpaired) electrons. The van der Waals surface area contributed by atoms with Crippen molar-refractivity contribution >= 4 is 5.91 Å². The summed E-state index contributed by atoms with van der Waals surface area (Å²) in [5.74, 6) is -0.223. The SMILES string of the molecule is N#CCC(=O)N1CCCCCO1. The van der Waals surface area contributed by atoms with E-state index < -0.39 is 0 Å². The quantitative estimate of drug-likeness (QED) is 0.583. The number of rotatable bonds is 1. The molecule has 0 unspecified atom stereocenters. The Labute approximate surface area is 71.7 Å². The third-order valence-corrected chi connectivity index (χ3v) is 1.76. The molecule has 0 saturated carbocycles. The molecular weight excluding hydrogens is 156 g/mol. The van der Waals surface area contributed by atoms with E-state index in [0.717, 1.165) is 19.3 Å². The fourth-order valence-electron chi connectivity index (χ4n) is 1.13. The largest absolute Gasteiger partial charge is 0.271 e. The predicted octanol–water partition coefficient (Wildman–Crippen LogP) is 0.844. The summed E-state index contributed by atoms with van der Waals surface area (Å²) in [5, 5.41) is 9.60. The van der Waals surface area contributed by atoms with Crippen molar-refractivity contribution in [3.8, 4) is 6.07 Å². The summed E-state index contributed by atoms with van der Waals surface area (Å²) in [6, 6.07) is 1.81. The second kappa shape index (κ2) is 4.73. The molecule has 0 spiro atoms. The zero-order valence-electron chi connectivity index (χ0n) is 6.95. The molecule has 4 heteroatoms. The lowest BCUT2D eigenvalue weighted by Gasteiger charge is -2.17. The van der Waals surface area contributed by atoms with Gasteiger partial charge < -0.3 is 0 Å². The number of hydrogen-bond donors (Lipinski definition) is 0. The average molecular weight is 168 g/mol. The number of carbonyl (C=O) groups excluding carboxylic acids is 1. The van der Waals surface area contributed by atoms with Crippen LogP contribution in [0.5, 0.6) is 0 Å². The van der Waals surface area contributed by atoms with E-state index in [1.54, 1.807) is 0 Å². The van der Waals surface area contributed by atoms with Gasteiger partial charge in [0.25, 0.3) is 5.91 Å². The predicted molar refractivity (Wildman–Crippen MR) is 41.7 cm³/mol. The smallest absolute Gasteiger partial charge is 0.260 e. The monoisotopic (exact) mass is 168 g/mol. The van der Waals surface area contributed by atoms with Crippen molar-refractivity contribution in [1.29, 1.82) is 5.26 Å². The van der Waals surface area contributed by atoms with Gasteiger partial charge in [0.05, 0.1) is 12.7 Å². The fraction of sp³-hybridized carbons (Fsp3) is 0.750. The fourth-order valence-corrected chi connectivity index (χ4v) is 1.13. The maximum atomic E-state index is 11.1. The van der Waals surface area contributed by atoms with Crippen molar-refractivity contribution in [1.82, 2.24) is 5.06 Å². The standard InChI is InChI=1S/C8H12N2O2/c9-5-4-8(11)10-6-2-1-3-7-12-10/h1-4,6-7H2. The Morgan fingerprint density at radius 1 is 1.50 bits per heavy atom. The van der Waals surface area contributed by atoms with Crippen LogP contribution in [0.4, 0.5) is 0 Å². The molecule has 0 aromatic rings. The number of carbonyl (C=O) groups is 1. The zero-order chi connectivity index (χ0) is 8.81. The molecule has 66 valence electrons. The normalized spacial score (nSPS) is 18.1. The van der Waals surface area contributed by atoms with E-state index in [1.807, 2.05) is 6.07 Å². The van der Waals surface area contributed by atoms with E-state index in [2.05, 4.69) is 0 Å². The van der Waals surface area contributed by atoms with Crippen LogP contribution in [0.3, 0.4) is 0 Å². The number of nitriles is 1.